The molecule has 0 aliphatic carbocycles. The van der Waals surface area contributed by atoms with Crippen molar-refractivity contribution in [2.75, 3.05) is 39.1 Å². The van der Waals surface area contributed by atoms with Gasteiger partial charge in [-0.2, -0.15) is 4.98 Å². The van der Waals surface area contributed by atoms with Gasteiger partial charge in [-0.15, -0.1) is 0 Å². The van der Waals surface area contributed by atoms with Crippen molar-refractivity contribution >= 4 is 23.1 Å². The number of rotatable bonds is 2. The number of amides is 2. The number of nitrogens with zero attached hydrogens (tertiary/aromatic N) is 4. The Bertz CT molecular complexity index is 715. The zero-order valence-corrected chi connectivity index (χ0v) is 13.6. The highest BCUT2D eigenvalue weighted by atomic mass is 19.1. The second-order valence-electron chi connectivity index (χ2n) is 6.14. The summed E-state index contributed by atoms with van der Waals surface area (Å²) in [4.78, 5) is 21.9. The number of likely N-dealkylation sites (N-methyl/N-ethyl adjacent to an activating group) is 1. The van der Waals surface area contributed by atoms with Crippen molar-refractivity contribution in [3.63, 3.8) is 0 Å². The summed E-state index contributed by atoms with van der Waals surface area (Å²) >= 11 is 0. The summed E-state index contributed by atoms with van der Waals surface area (Å²) in [7, 11) is 5.31. The molecule has 3 rings (SSSR count). The second kappa shape index (κ2) is 6.06. The lowest BCUT2D eigenvalue weighted by atomic mass is 10.1. The summed E-state index contributed by atoms with van der Waals surface area (Å²) in [5, 5.41) is 0. The van der Waals surface area contributed by atoms with E-state index in [-0.39, 0.29) is 17.9 Å². The average Bonchev–Trinajstić information content (AvgIpc) is 2.96. The van der Waals surface area contributed by atoms with Gasteiger partial charge in [0.25, 0.3) is 6.01 Å². The van der Waals surface area contributed by atoms with Crippen molar-refractivity contribution in [3.8, 4) is 0 Å². The maximum Gasteiger partial charge on any atom is 0.319 e. The minimum atomic E-state index is -0.340. The molecule has 124 valence electrons. The molecule has 1 saturated heterocycles. The Morgan fingerprint density at radius 3 is 2.91 bits per heavy atom. The predicted octanol–water partition coefficient (Wildman–Crippen LogP) is 2.55. The molecule has 1 atom stereocenters. The summed E-state index contributed by atoms with van der Waals surface area (Å²) in [5.74, 6) is -0.340. The molecule has 0 bridgehead atoms. The van der Waals surface area contributed by atoms with Crippen molar-refractivity contribution < 1.29 is 13.6 Å². The van der Waals surface area contributed by atoms with Gasteiger partial charge in [-0.1, -0.05) is 0 Å². The van der Waals surface area contributed by atoms with Crippen molar-refractivity contribution in [2.24, 2.45) is 0 Å². The number of carbonyl (C=O) groups is 1. The van der Waals surface area contributed by atoms with Gasteiger partial charge in [0.05, 0.1) is 6.04 Å². The summed E-state index contributed by atoms with van der Waals surface area (Å²) < 4.78 is 19.0. The summed E-state index contributed by atoms with van der Waals surface area (Å²) in [5.41, 5.74) is 1.08. The Morgan fingerprint density at radius 1 is 1.39 bits per heavy atom. The maximum atomic E-state index is 13.3. The van der Waals surface area contributed by atoms with Gasteiger partial charge in [-0.25, -0.2) is 9.18 Å². The van der Waals surface area contributed by atoms with Crippen LogP contribution < -0.4 is 4.90 Å². The standard InChI is InChI=1S/C16H21FN4O2/c1-19(2)16(22)20(3)12-5-4-8-21(10-12)15-18-13-7-6-11(17)9-14(13)23-15/h6-7,9,12H,4-5,8,10H2,1-3H3. The monoisotopic (exact) mass is 320 g/mol. The molecule has 7 heteroatoms. The fourth-order valence-corrected chi connectivity index (χ4v) is 2.94. The molecule has 0 N–H and O–H groups in total. The SMILES string of the molecule is CN(C)C(=O)N(C)C1CCCN(c2nc3ccc(F)cc3o2)C1. The number of carbonyl (C=O) groups excluding carboxylic acids is 1. The zero-order valence-electron chi connectivity index (χ0n) is 13.6. The van der Waals surface area contributed by atoms with Crippen LogP contribution in [0.5, 0.6) is 0 Å². The molecule has 1 aromatic carbocycles. The van der Waals surface area contributed by atoms with Crippen molar-refractivity contribution in [1.82, 2.24) is 14.8 Å². The van der Waals surface area contributed by atoms with Crippen molar-refractivity contribution in [1.29, 1.82) is 0 Å². The van der Waals surface area contributed by atoms with Gasteiger partial charge in [-0.05, 0) is 25.0 Å². The van der Waals surface area contributed by atoms with Crippen LogP contribution in [0.15, 0.2) is 22.6 Å². The number of fused-ring (bicyclic) bond motifs is 1. The highest BCUT2D eigenvalue weighted by Crippen LogP contribution is 2.26. The number of oxazole rings is 1. The van der Waals surface area contributed by atoms with Gasteiger partial charge in [0.1, 0.15) is 11.3 Å². The third kappa shape index (κ3) is 3.09. The number of anilines is 1. The van der Waals surface area contributed by atoms with Crippen LogP contribution in [-0.4, -0.2) is 61.1 Å². The Labute approximate surface area is 134 Å². The van der Waals surface area contributed by atoms with Crippen LogP contribution in [0, 0.1) is 5.82 Å². The van der Waals surface area contributed by atoms with Gasteiger partial charge in [0, 0.05) is 40.3 Å². The average molecular weight is 320 g/mol. The summed E-state index contributed by atoms with van der Waals surface area (Å²) in [6.07, 6.45) is 1.89. The Morgan fingerprint density at radius 2 is 2.17 bits per heavy atom. The van der Waals surface area contributed by atoms with Crippen LogP contribution in [-0.2, 0) is 0 Å². The van der Waals surface area contributed by atoms with Crippen LogP contribution in [0.25, 0.3) is 11.1 Å². The Balaban J connectivity index is 1.78. The summed E-state index contributed by atoms with van der Waals surface area (Å²) in [6, 6.07) is 4.90. The molecule has 1 fully saturated rings. The van der Waals surface area contributed by atoms with Crippen LogP contribution in [0.3, 0.4) is 0 Å². The fraction of sp³-hybridized carbons (Fsp3) is 0.500. The van der Waals surface area contributed by atoms with Crippen molar-refractivity contribution in [2.45, 2.75) is 18.9 Å². The largest absolute Gasteiger partial charge is 0.423 e. The van der Waals surface area contributed by atoms with E-state index in [4.69, 9.17) is 4.42 Å². The quantitative estimate of drug-likeness (QED) is 0.853. The van der Waals surface area contributed by atoms with Crippen LogP contribution in [0.4, 0.5) is 15.2 Å². The zero-order chi connectivity index (χ0) is 16.6. The smallest absolute Gasteiger partial charge is 0.319 e. The van der Waals surface area contributed by atoms with Gasteiger partial charge in [0.15, 0.2) is 5.58 Å². The number of aromatic nitrogens is 1. The molecule has 23 heavy (non-hydrogen) atoms. The van der Waals surface area contributed by atoms with E-state index in [2.05, 4.69) is 4.98 Å². The molecule has 2 aromatic rings. The van der Waals surface area contributed by atoms with Crippen LogP contribution >= 0.6 is 0 Å². The molecule has 2 amide bonds. The van der Waals surface area contributed by atoms with Crippen LogP contribution in [0.2, 0.25) is 0 Å². The highest BCUT2D eigenvalue weighted by Gasteiger charge is 2.29. The first-order valence-electron chi connectivity index (χ1n) is 7.71. The lowest BCUT2D eigenvalue weighted by Gasteiger charge is -2.37. The van der Waals surface area contributed by atoms with E-state index in [1.165, 1.54) is 12.1 Å². The number of piperidine rings is 1. The van der Waals surface area contributed by atoms with E-state index in [0.29, 0.717) is 23.7 Å². The van der Waals surface area contributed by atoms with E-state index in [9.17, 15) is 9.18 Å². The molecular weight excluding hydrogens is 299 g/mol. The maximum absolute atomic E-state index is 13.3. The normalized spacial score (nSPS) is 18.3. The number of hydrogen-bond acceptors (Lipinski definition) is 4. The first-order valence-corrected chi connectivity index (χ1v) is 7.71. The first kappa shape index (κ1) is 15.6. The molecule has 6 nitrogen and oxygen atoms in total. The third-order valence-corrected chi connectivity index (χ3v) is 4.24. The Hall–Kier alpha value is -2.31. The number of urea groups is 1. The van der Waals surface area contributed by atoms with Gasteiger partial charge < -0.3 is 19.1 Å². The van der Waals surface area contributed by atoms with E-state index < -0.39 is 0 Å². The van der Waals surface area contributed by atoms with E-state index >= 15 is 0 Å². The lowest BCUT2D eigenvalue weighted by Crippen LogP contribution is -2.51. The molecule has 0 spiro atoms. The minimum Gasteiger partial charge on any atom is -0.423 e. The second-order valence-corrected chi connectivity index (χ2v) is 6.14. The number of halogens is 1. The van der Waals surface area contributed by atoms with E-state index in [1.54, 1.807) is 30.0 Å². The molecule has 1 aromatic heterocycles. The lowest BCUT2D eigenvalue weighted by molar-refractivity contribution is 0.157. The molecule has 1 aliphatic heterocycles. The van der Waals surface area contributed by atoms with Gasteiger partial charge >= 0.3 is 6.03 Å². The predicted molar refractivity (Wildman–Crippen MR) is 86.0 cm³/mol. The minimum absolute atomic E-state index is 0.0171. The van der Waals surface area contributed by atoms with Gasteiger partial charge in [-0.3, -0.25) is 0 Å². The molecule has 1 aliphatic rings. The molecule has 0 saturated carbocycles. The summed E-state index contributed by atoms with van der Waals surface area (Å²) in [6.45, 7) is 1.47. The molecule has 2 heterocycles. The molecular formula is C16H21FN4O2. The van der Waals surface area contributed by atoms with Crippen molar-refractivity contribution in [3.05, 3.63) is 24.0 Å². The highest BCUT2D eigenvalue weighted by molar-refractivity contribution is 5.75. The number of hydrogen-bond donors (Lipinski definition) is 0. The first-order chi connectivity index (χ1) is 11.0. The van der Waals surface area contributed by atoms with Crippen LogP contribution in [0.1, 0.15) is 12.8 Å². The van der Waals surface area contributed by atoms with Gasteiger partial charge in [0.2, 0.25) is 0 Å². The third-order valence-electron chi connectivity index (χ3n) is 4.24. The van der Waals surface area contributed by atoms with E-state index in [0.717, 1.165) is 19.4 Å². The fourth-order valence-electron chi connectivity index (χ4n) is 2.94. The van der Waals surface area contributed by atoms with E-state index in [1.807, 2.05) is 11.9 Å². The molecule has 0 radical (unpaired) electrons. The Kier molecular flexibility index (Phi) is 4.11. The molecule has 1 unspecified atom stereocenters. The number of benzene rings is 1. The topological polar surface area (TPSA) is 52.8 Å².